The normalized spacial score (nSPS) is 10.8. The highest BCUT2D eigenvalue weighted by atomic mass is 16.4. The Balaban J connectivity index is 1.69. The van der Waals surface area contributed by atoms with E-state index in [0.29, 0.717) is 18.1 Å². The van der Waals surface area contributed by atoms with Gasteiger partial charge >= 0.3 is 5.97 Å². The molecular weight excluding hydrogens is 330 g/mol. The van der Waals surface area contributed by atoms with Gasteiger partial charge in [-0.05, 0) is 35.9 Å². The van der Waals surface area contributed by atoms with Gasteiger partial charge in [-0.25, -0.2) is 9.78 Å². The van der Waals surface area contributed by atoms with E-state index in [1.54, 1.807) is 24.5 Å². The second-order valence-electron chi connectivity index (χ2n) is 5.75. The van der Waals surface area contributed by atoms with Crippen molar-refractivity contribution >= 4 is 22.8 Å². The molecule has 0 saturated carbocycles. The zero-order valence-electron chi connectivity index (χ0n) is 13.7. The summed E-state index contributed by atoms with van der Waals surface area (Å²) in [7, 11) is 0. The molecule has 128 valence electrons. The van der Waals surface area contributed by atoms with E-state index < -0.39 is 5.97 Å². The lowest BCUT2D eigenvalue weighted by molar-refractivity contribution is 0.0696. The van der Waals surface area contributed by atoms with Gasteiger partial charge in [0.15, 0.2) is 0 Å². The Hall–Kier alpha value is -3.74. The fourth-order valence-electron chi connectivity index (χ4n) is 2.72. The molecule has 7 nitrogen and oxygen atoms in total. The van der Waals surface area contributed by atoms with Gasteiger partial charge in [-0.3, -0.25) is 9.97 Å². The minimum atomic E-state index is -0.996. The van der Waals surface area contributed by atoms with E-state index in [1.165, 1.54) is 6.20 Å². The van der Waals surface area contributed by atoms with Crippen LogP contribution in [0.15, 0.2) is 61.2 Å². The lowest BCUT2D eigenvalue weighted by atomic mass is 10.1. The Kier molecular flexibility index (Phi) is 4.03. The number of aromatic nitrogens is 4. The van der Waals surface area contributed by atoms with Crippen molar-refractivity contribution in [2.45, 2.75) is 6.54 Å². The maximum absolute atomic E-state index is 11.0. The van der Waals surface area contributed by atoms with Crippen molar-refractivity contribution in [1.29, 1.82) is 0 Å². The Morgan fingerprint density at radius 2 is 2.12 bits per heavy atom. The monoisotopic (exact) mass is 345 g/mol. The van der Waals surface area contributed by atoms with E-state index in [-0.39, 0.29) is 5.56 Å². The minimum absolute atomic E-state index is 0.156. The molecule has 0 spiro atoms. The number of nitrogens with zero attached hydrogens (tertiary/aromatic N) is 3. The molecule has 0 radical (unpaired) electrons. The van der Waals surface area contributed by atoms with Gasteiger partial charge in [0.05, 0.1) is 11.3 Å². The van der Waals surface area contributed by atoms with Crippen LogP contribution in [0.25, 0.3) is 22.3 Å². The first-order chi connectivity index (χ1) is 12.7. The number of aromatic carboxylic acids is 1. The summed E-state index contributed by atoms with van der Waals surface area (Å²) in [6, 6.07) is 11.0. The molecule has 26 heavy (non-hydrogen) atoms. The van der Waals surface area contributed by atoms with Crippen molar-refractivity contribution in [3.05, 3.63) is 72.3 Å². The molecule has 0 bridgehead atoms. The lowest BCUT2D eigenvalue weighted by Crippen LogP contribution is -2.02. The molecule has 0 amide bonds. The summed E-state index contributed by atoms with van der Waals surface area (Å²) < 4.78 is 0. The summed E-state index contributed by atoms with van der Waals surface area (Å²) in [4.78, 5) is 27.1. The van der Waals surface area contributed by atoms with Crippen molar-refractivity contribution in [3.63, 3.8) is 0 Å². The van der Waals surface area contributed by atoms with Crippen molar-refractivity contribution in [2.24, 2.45) is 0 Å². The van der Waals surface area contributed by atoms with Gasteiger partial charge in [-0.15, -0.1) is 0 Å². The van der Waals surface area contributed by atoms with Crippen LogP contribution in [0, 0.1) is 0 Å². The SMILES string of the molecule is O=C(O)c1ccc(-c2cc(NCc3cccnc3)nc3[nH]ccc23)nc1. The van der Waals surface area contributed by atoms with Crippen LogP contribution in [-0.4, -0.2) is 31.0 Å². The third-order valence-electron chi connectivity index (χ3n) is 4.01. The number of hydrogen-bond donors (Lipinski definition) is 3. The predicted octanol–water partition coefficient (Wildman–Crippen LogP) is 3.33. The summed E-state index contributed by atoms with van der Waals surface area (Å²) >= 11 is 0. The van der Waals surface area contributed by atoms with Crippen molar-refractivity contribution in [2.75, 3.05) is 5.32 Å². The number of carbonyl (C=O) groups is 1. The number of aromatic amines is 1. The van der Waals surface area contributed by atoms with Crippen LogP contribution in [0.3, 0.4) is 0 Å². The Labute approximate surface area is 148 Å². The van der Waals surface area contributed by atoms with E-state index >= 15 is 0 Å². The topological polar surface area (TPSA) is 104 Å². The van der Waals surface area contributed by atoms with Gasteiger partial charge in [-0.2, -0.15) is 0 Å². The number of nitrogens with one attached hydrogen (secondary N) is 2. The standard InChI is InChI=1S/C19H15N5O2/c25-19(26)13-3-4-16(22-11-13)15-8-17(24-18-14(15)5-7-21-18)23-10-12-2-1-6-20-9-12/h1-9,11H,10H2,(H,25,26)(H2,21,23,24). The number of rotatable bonds is 5. The van der Waals surface area contributed by atoms with Crippen molar-refractivity contribution in [3.8, 4) is 11.3 Å². The Morgan fingerprint density at radius 3 is 2.85 bits per heavy atom. The molecule has 4 heterocycles. The highest BCUT2D eigenvalue weighted by Crippen LogP contribution is 2.28. The third-order valence-corrected chi connectivity index (χ3v) is 4.01. The molecule has 0 atom stereocenters. The first-order valence-corrected chi connectivity index (χ1v) is 8.01. The Bertz CT molecular complexity index is 1060. The fourth-order valence-corrected chi connectivity index (χ4v) is 2.72. The second-order valence-corrected chi connectivity index (χ2v) is 5.75. The predicted molar refractivity (Wildman–Crippen MR) is 97.8 cm³/mol. The lowest BCUT2D eigenvalue weighted by Gasteiger charge is -2.09. The van der Waals surface area contributed by atoms with Crippen molar-refractivity contribution in [1.82, 2.24) is 19.9 Å². The molecule has 0 saturated heterocycles. The molecule has 7 heteroatoms. The zero-order chi connectivity index (χ0) is 17.9. The van der Waals surface area contributed by atoms with Crippen molar-refractivity contribution < 1.29 is 9.90 Å². The second kappa shape index (κ2) is 6.64. The zero-order valence-corrected chi connectivity index (χ0v) is 13.7. The first-order valence-electron chi connectivity index (χ1n) is 8.01. The van der Waals surface area contributed by atoms with Crippen LogP contribution >= 0.6 is 0 Å². The smallest absolute Gasteiger partial charge is 0.337 e. The fraction of sp³-hybridized carbons (Fsp3) is 0.0526. The maximum atomic E-state index is 11.0. The summed E-state index contributed by atoms with van der Waals surface area (Å²) in [6.45, 7) is 0.595. The summed E-state index contributed by atoms with van der Waals surface area (Å²) in [5, 5.41) is 13.3. The van der Waals surface area contributed by atoms with Gasteiger partial charge in [-0.1, -0.05) is 6.07 Å². The summed E-state index contributed by atoms with van der Waals surface area (Å²) in [6.07, 6.45) is 6.71. The van der Waals surface area contributed by atoms with E-state index in [4.69, 9.17) is 5.11 Å². The van der Waals surface area contributed by atoms with Gasteiger partial charge in [0.1, 0.15) is 11.5 Å². The van der Waals surface area contributed by atoms with Crippen LogP contribution in [0.5, 0.6) is 0 Å². The summed E-state index contributed by atoms with van der Waals surface area (Å²) in [5.41, 5.74) is 3.50. The molecule has 0 fully saturated rings. The van der Waals surface area contributed by atoms with Crippen LogP contribution in [-0.2, 0) is 6.54 Å². The average Bonchev–Trinajstić information content (AvgIpc) is 3.15. The molecule has 0 aromatic carbocycles. The maximum Gasteiger partial charge on any atom is 0.337 e. The molecule has 0 aliphatic heterocycles. The van der Waals surface area contributed by atoms with E-state index in [0.717, 1.165) is 22.2 Å². The quantitative estimate of drug-likeness (QED) is 0.512. The number of pyridine rings is 3. The largest absolute Gasteiger partial charge is 0.478 e. The number of carboxylic acid groups (broad SMARTS) is 1. The van der Waals surface area contributed by atoms with E-state index in [1.807, 2.05) is 30.5 Å². The van der Waals surface area contributed by atoms with Crippen LogP contribution < -0.4 is 5.32 Å². The summed E-state index contributed by atoms with van der Waals surface area (Å²) in [5.74, 6) is -0.299. The molecular formula is C19H15N5O2. The van der Waals surface area contributed by atoms with E-state index in [9.17, 15) is 4.79 Å². The van der Waals surface area contributed by atoms with Gasteiger partial charge < -0.3 is 15.4 Å². The highest BCUT2D eigenvalue weighted by molar-refractivity contribution is 5.94. The average molecular weight is 345 g/mol. The van der Waals surface area contributed by atoms with Crippen LogP contribution in [0.4, 0.5) is 5.82 Å². The molecule has 4 aromatic rings. The molecule has 0 aliphatic rings. The third kappa shape index (κ3) is 3.10. The molecule has 4 aromatic heterocycles. The van der Waals surface area contributed by atoms with Gasteiger partial charge in [0.2, 0.25) is 0 Å². The number of anilines is 1. The number of hydrogen-bond acceptors (Lipinski definition) is 5. The molecule has 0 unspecified atom stereocenters. The first kappa shape index (κ1) is 15.8. The highest BCUT2D eigenvalue weighted by Gasteiger charge is 2.11. The number of H-pyrrole nitrogens is 1. The van der Waals surface area contributed by atoms with Gasteiger partial charge in [0.25, 0.3) is 0 Å². The number of carboxylic acids is 1. The van der Waals surface area contributed by atoms with E-state index in [2.05, 4.69) is 25.3 Å². The van der Waals surface area contributed by atoms with Crippen LogP contribution in [0.2, 0.25) is 0 Å². The Morgan fingerprint density at radius 1 is 1.19 bits per heavy atom. The molecule has 4 rings (SSSR count). The molecule has 3 N–H and O–H groups in total. The number of fused-ring (bicyclic) bond motifs is 1. The minimum Gasteiger partial charge on any atom is -0.478 e. The van der Waals surface area contributed by atoms with Crippen LogP contribution in [0.1, 0.15) is 15.9 Å². The molecule has 0 aliphatic carbocycles. The van der Waals surface area contributed by atoms with Gasteiger partial charge in [0, 0.05) is 42.3 Å².